The van der Waals surface area contributed by atoms with Gasteiger partial charge in [0.25, 0.3) is 0 Å². The molecular formula is C15H16N4O. The zero-order valence-corrected chi connectivity index (χ0v) is 11.5. The van der Waals surface area contributed by atoms with Crippen LogP contribution in [0.2, 0.25) is 0 Å². The highest BCUT2D eigenvalue weighted by molar-refractivity contribution is 5.87. The van der Waals surface area contributed by atoms with Crippen molar-refractivity contribution in [2.24, 2.45) is 0 Å². The number of ether oxygens (including phenoxy) is 1. The minimum atomic E-state index is 0.653. The van der Waals surface area contributed by atoms with E-state index in [1.54, 1.807) is 13.4 Å². The number of aromatic nitrogens is 3. The second kappa shape index (κ2) is 5.21. The van der Waals surface area contributed by atoms with Crippen LogP contribution in [0.25, 0.3) is 11.0 Å². The number of nitrogens with one attached hydrogen (secondary N) is 2. The van der Waals surface area contributed by atoms with Gasteiger partial charge in [-0.05, 0) is 19.1 Å². The lowest BCUT2D eigenvalue weighted by Gasteiger charge is -2.10. The summed E-state index contributed by atoms with van der Waals surface area (Å²) in [6.07, 6.45) is 1.56. The fourth-order valence-corrected chi connectivity index (χ4v) is 2.24. The van der Waals surface area contributed by atoms with Crippen LogP contribution in [0, 0.1) is 6.92 Å². The van der Waals surface area contributed by atoms with E-state index in [-0.39, 0.29) is 0 Å². The van der Waals surface area contributed by atoms with E-state index in [0.717, 1.165) is 33.9 Å². The van der Waals surface area contributed by atoms with E-state index in [2.05, 4.69) is 20.3 Å². The molecule has 0 saturated carbocycles. The molecule has 20 heavy (non-hydrogen) atoms. The van der Waals surface area contributed by atoms with Gasteiger partial charge < -0.3 is 15.0 Å². The molecule has 0 atom stereocenters. The zero-order chi connectivity index (χ0) is 13.9. The largest absolute Gasteiger partial charge is 0.496 e. The van der Waals surface area contributed by atoms with Crippen LogP contribution in [0.1, 0.15) is 11.3 Å². The number of aryl methyl sites for hydroxylation is 1. The quantitative estimate of drug-likeness (QED) is 0.763. The van der Waals surface area contributed by atoms with Crippen molar-refractivity contribution < 1.29 is 4.74 Å². The van der Waals surface area contributed by atoms with E-state index < -0.39 is 0 Å². The van der Waals surface area contributed by atoms with E-state index in [0.29, 0.717) is 6.54 Å². The van der Waals surface area contributed by atoms with Crippen LogP contribution in [-0.4, -0.2) is 22.1 Å². The Balaban J connectivity index is 1.87. The SMILES string of the molecule is COc1ccccc1CNc1ncnc2[nH]c(C)cc12. The van der Waals surface area contributed by atoms with Crippen molar-refractivity contribution in [2.75, 3.05) is 12.4 Å². The molecule has 3 rings (SSSR count). The number of H-pyrrole nitrogens is 1. The number of para-hydroxylation sites is 1. The molecule has 2 heterocycles. The van der Waals surface area contributed by atoms with E-state index in [1.807, 2.05) is 37.3 Å². The average molecular weight is 268 g/mol. The van der Waals surface area contributed by atoms with Gasteiger partial charge in [0.2, 0.25) is 0 Å². The van der Waals surface area contributed by atoms with Crippen molar-refractivity contribution in [2.45, 2.75) is 13.5 Å². The number of fused-ring (bicyclic) bond motifs is 1. The van der Waals surface area contributed by atoms with Gasteiger partial charge in [-0.15, -0.1) is 0 Å². The lowest BCUT2D eigenvalue weighted by atomic mass is 10.2. The summed E-state index contributed by atoms with van der Waals surface area (Å²) >= 11 is 0. The van der Waals surface area contributed by atoms with Crippen LogP contribution in [0.4, 0.5) is 5.82 Å². The molecule has 0 fully saturated rings. The Morgan fingerprint density at radius 3 is 2.95 bits per heavy atom. The molecule has 0 aliphatic rings. The van der Waals surface area contributed by atoms with Gasteiger partial charge in [0, 0.05) is 17.8 Å². The fourth-order valence-electron chi connectivity index (χ4n) is 2.24. The second-order valence-electron chi connectivity index (χ2n) is 4.60. The van der Waals surface area contributed by atoms with Crippen LogP contribution in [0.15, 0.2) is 36.7 Å². The molecule has 0 amide bonds. The highest BCUT2D eigenvalue weighted by Crippen LogP contribution is 2.22. The molecule has 0 saturated heterocycles. The maximum atomic E-state index is 5.35. The van der Waals surface area contributed by atoms with Crippen LogP contribution < -0.4 is 10.1 Å². The molecule has 5 heteroatoms. The zero-order valence-electron chi connectivity index (χ0n) is 11.5. The van der Waals surface area contributed by atoms with Gasteiger partial charge in [0.15, 0.2) is 0 Å². The number of benzene rings is 1. The van der Waals surface area contributed by atoms with Gasteiger partial charge in [-0.2, -0.15) is 0 Å². The number of anilines is 1. The third-order valence-electron chi connectivity index (χ3n) is 3.20. The Bertz CT molecular complexity index is 736. The van der Waals surface area contributed by atoms with Gasteiger partial charge in [-0.1, -0.05) is 18.2 Å². The first-order valence-electron chi connectivity index (χ1n) is 6.44. The van der Waals surface area contributed by atoms with Crippen molar-refractivity contribution in [3.8, 4) is 5.75 Å². The number of methoxy groups -OCH3 is 1. The monoisotopic (exact) mass is 268 g/mol. The third kappa shape index (κ3) is 2.30. The molecule has 102 valence electrons. The molecular weight excluding hydrogens is 252 g/mol. The van der Waals surface area contributed by atoms with Crippen molar-refractivity contribution in [1.29, 1.82) is 0 Å². The predicted molar refractivity (Wildman–Crippen MR) is 78.9 cm³/mol. The van der Waals surface area contributed by atoms with Gasteiger partial charge >= 0.3 is 0 Å². The summed E-state index contributed by atoms with van der Waals surface area (Å²) in [6.45, 7) is 2.66. The molecule has 5 nitrogen and oxygen atoms in total. The number of nitrogens with zero attached hydrogens (tertiary/aromatic N) is 2. The Kier molecular flexibility index (Phi) is 3.25. The Labute approximate surface area is 117 Å². The second-order valence-corrected chi connectivity index (χ2v) is 4.60. The normalized spacial score (nSPS) is 10.7. The van der Waals surface area contributed by atoms with Crippen molar-refractivity contribution in [3.05, 3.63) is 47.9 Å². The van der Waals surface area contributed by atoms with Crippen LogP contribution in [0.5, 0.6) is 5.75 Å². The highest BCUT2D eigenvalue weighted by Gasteiger charge is 2.07. The van der Waals surface area contributed by atoms with Crippen LogP contribution in [0.3, 0.4) is 0 Å². The highest BCUT2D eigenvalue weighted by atomic mass is 16.5. The van der Waals surface area contributed by atoms with Gasteiger partial charge in [-0.25, -0.2) is 9.97 Å². The molecule has 3 aromatic rings. The predicted octanol–water partition coefficient (Wildman–Crippen LogP) is 2.89. The van der Waals surface area contributed by atoms with Gasteiger partial charge in [0.05, 0.1) is 12.5 Å². The minimum Gasteiger partial charge on any atom is -0.496 e. The first kappa shape index (κ1) is 12.5. The standard InChI is InChI=1S/C15H16N4O/c1-10-7-12-14(17-9-18-15(12)19-10)16-8-11-5-3-4-6-13(11)20-2/h3-7,9H,8H2,1-2H3,(H2,16,17,18,19). The van der Waals surface area contributed by atoms with E-state index in [4.69, 9.17) is 4.74 Å². The fraction of sp³-hybridized carbons (Fsp3) is 0.200. The van der Waals surface area contributed by atoms with Crippen LogP contribution in [-0.2, 0) is 6.54 Å². The number of rotatable bonds is 4. The average Bonchev–Trinajstić information content (AvgIpc) is 2.86. The summed E-state index contributed by atoms with van der Waals surface area (Å²) in [5.74, 6) is 1.70. The summed E-state index contributed by atoms with van der Waals surface area (Å²) in [7, 11) is 1.68. The summed E-state index contributed by atoms with van der Waals surface area (Å²) in [5, 5.41) is 4.34. The molecule has 2 aromatic heterocycles. The number of aromatic amines is 1. The smallest absolute Gasteiger partial charge is 0.143 e. The molecule has 0 bridgehead atoms. The summed E-state index contributed by atoms with van der Waals surface area (Å²) < 4.78 is 5.35. The van der Waals surface area contributed by atoms with Crippen molar-refractivity contribution >= 4 is 16.9 Å². The topological polar surface area (TPSA) is 62.8 Å². The third-order valence-corrected chi connectivity index (χ3v) is 3.20. The maximum Gasteiger partial charge on any atom is 0.143 e. The summed E-state index contributed by atoms with van der Waals surface area (Å²) in [4.78, 5) is 11.7. The van der Waals surface area contributed by atoms with E-state index >= 15 is 0 Å². The molecule has 2 N–H and O–H groups in total. The number of hydrogen-bond acceptors (Lipinski definition) is 4. The first-order chi connectivity index (χ1) is 9.78. The lowest BCUT2D eigenvalue weighted by Crippen LogP contribution is -2.03. The molecule has 0 unspecified atom stereocenters. The maximum absolute atomic E-state index is 5.35. The lowest BCUT2D eigenvalue weighted by molar-refractivity contribution is 0.410. The summed E-state index contributed by atoms with van der Waals surface area (Å²) in [5.41, 5.74) is 3.01. The van der Waals surface area contributed by atoms with Gasteiger partial charge in [-0.3, -0.25) is 0 Å². The first-order valence-corrected chi connectivity index (χ1v) is 6.44. The Morgan fingerprint density at radius 1 is 1.25 bits per heavy atom. The van der Waals surface area contributed by atoms with E-state index in [1.165, 1.54) is 0 Å². The molecule has 0 aliphatic carbocycles. The van der Waals surface area contributed by atoms with Crippen molar-refractivity contribution in [1.82, 2.24) is 15.0 Å². The summed E-state index contributed by atoms with van der Waals surface area (Å²) in [6, 6.07) is 9.98. The van der Waals surface area contributed by atoms with Crippen LogP contribution >= 0.6 is 0 Å². The number of hydrogen-bond donors (Lipinski definition) is 2. The minimum absolute atomic E-state index is 0.653. The molecule has 0 spiro atoms. The van der Waals surface area contributed by atoms with E-state index in [9.17, 15) is 0 Å². The molecule has 0 aliphatic heterocycles. The van der Waals surface area contributed by atoms with Crippen molar-refractivity contribution in [3.63, 3.8) is 0 Å². The Morgan fingerprint density at radius 2 is 2.10 bits per heavy atom. The molecule has 0 radical (unpaired) electrons. The molecule has 1 aromatic carbocycles. The van der Waals surface area contributed by atoms with Gasteiger partial charge in [0.1, 0.15) is 23.5 Å². The Hall–Kier alpha value is -2.56.